The number of anilines is 2. The molecule has 1 saturated heterocycles. The number of rotatable bonds is 6. The van der Waals surface area contributed by atoms with Crippen molar-refractivity contribution in [3.63, 3.8) is 0 Å². The van der Waals surface area contributed by atoms with Gasteiger partial charge in [0.25, 0.3) is 5.88 Å². The van der Waals surface area contributed by atoms with Crippen LogP contribution in [0.5, 0.6) is 17.4 Å². The monoisotopic (exact) mass is 495 g/mol. The molecule has 3 aromatic rings. The highest BCUT2D eigenvalue weighted by atomic mass is 79.9. The molecule has 2 aromatic carbocycles. The minimum atomic E-state index is 0.387. The van der Waals surface area contributed by atoms with Gasteiger partial charge in [-0.1, -0.05) is 22.0 Å². The summed E-state index contributed by atoms with van der Waals surface area (Å²) >= 11 is 3.48. The zero-order valence-electron chi connectivity index (χ0n) is 17.3. The van der Waals surface area contributed by atoms with Gasteiger partial charge in [-0.05, 0) is 30.3 Å². The fraction of sp³-hybridized carbons (Fsp3) is 0.261. The van der Waals surface area contributed by atoms with Crippen molar-refractivity contribution >= 4 is 39.3 Å². The Bertz CT molecular complexity index is 1130. The van der Waals surface area contributed by atoms with E-state index in [0.717, 1.165) is 54.3 Å². The molecule has 1 N–H and O–H groups in total. The molecule has 8 nitrogen and oxygen atoms in total. The van der Waals surface area contributed by atoms with E-state index in [0.29, 0.717) is 29.7 Å². The quantitative estimate of drug-likeness (QED) is 0.420. The fourth-order valence-electron chi connectivity index (χ4n) is 3.50. The summed E-state index contributed by atoms with van der Waals surface area (Å²) < 4.78 is 18.4. The van der Waals surface area contributed by atoms with Crippen LogP contribution in [0.15, 0.2) is 58.3 Å². The number of morpholine rings is 1. The molecule has 0 spiro atoms. The van der Waals surface area contributed by atoms with Crippen molar-refractivity contribution in [2.24, 2.45) is 4.99 Å². The third kappa shape index (κ3) is 4.90. The molecule has 3 heterocycles. The highest BCUT2D eigenvalue weighted by molar-refractivity contribution is 9.10. The van der Waals surface area contributed by atoms with Crippen LogP contribution in [-0.4, -0.2) is 60.5 Å². The van der Waals surface area contributed by atoms with Crippen molar-refractivity contribution in [2.45, 2.75) is 0 Å². The van der Waals surface area contributed by atoms with Crippen molar-refractivity contribution in [2.75, 3.05) is 44.8 Å². The van der Waals surface area contributed by atoms with Crippen molar-refractivity contribution < 1.29 is 14.2 Å². The lowest BCUT2D eigenvalue weighted by molar-refractivity contribution is 0.0322. The van der Waals surface area contributed by atoms with Crippen LogP contribution in [-0.2, 0) is 4.74 Å². The number of nitrogens with zero attached hydrogens (tertiary/aromatic N) is 4. The maximum absolute atomic E-state index is 6.11. The normalized spacial score (nSPS) is 15.3. The number of fused-ring (bicyclic) bond motifs is 2. The largest absolute Gasteiger partial charge is 0.492 e. The number of nitrogens with one attached hydrogen (secondary N) is 1. The Labute approximate surface area is 194 Å². The highest BCUT2D eigenvalue weighted by Gasteiger charge is 2.18. The molecule has 164 valence electrons. The van der Waals surface area contributed by atoms with E-state index in [1.54, 1.807) is 6.21 Å². The summed E-state index contributed by atoms with van der Waals surface area (Å²) in [4.78, 5) is 15.6. The molecular formula is C23H22BrN5O3. The van der Waals surface area contributed by atoms with Gasteiger partial charge in [0.1, 0.15) is 24.4 Å². The molecule has 2 aliphatic rings. The van der Waals surface area contributed by atoms with Gasteiger partial charge in [0, 0.05) is 47.6 Å². The topological polar surface area (TPSA) is 81.1 Å². The van der Waals surface area contributed by atoms with Gasteiger partial charge in [0.2, 0.25) is 0 Å². The summed E-state index contributed by atoms with van der Waals surface area (Å²) in [5.74, 6) is 2.34. The van der Waals surface area contributed by atoms with Crippen LogP contribution in [0.2, 0.25) is 0 Å². The first-order valence-electron chi connectivity index (χ1n) is 10.4. The lowest BCUT2D eigenvalue weighted by Crippen LogP contribution is -2.38. The Hall–Kier alpha value is -3.01. The van der Waals surface area contributed by atoms with Crippen molar-refractivity contribution in [1.82, 2.24) is 14.9 Å². The van der Waals surface area contributed by atoms with Gasteiger partial charge >= 0.3 is 0 Å². The molecule has 32 heavy (non-hydrogen) atoms. The highest BCUT2D eigenvalue weighted by Crippen LogP contribution is 2.40. The first-order chi connectivity index (χ1) is 15.7. The average Bonchev–Trinajstić information content (AvgIpc) is 2.99. The second kappa shape index (κ2) is 9.64. The fourth-order valence-corrected chi connectivity index (χ4v) is 3.90. The number of ether oxygens (including phenoxy) is 3. The smallest absolute Gasteiger partial charge is 0.250 e. The predicted octanol–water partition coefficient (Wildman–Crippen LogP) is 4.55. The number of hydrogen-bond donors (Lipinski definition) is 1. The molecule has 1 fully saturated rings. The molecule has 0 amide bonds. The van der Waals surface area contributed by atoms with Crippen LogP contribution in [0.1, 0.15) is 5.56 Å². The Balaban J connectivity index is 1.31. The average molecular weight is 496 g/mol. The Morgan fingerprint density at radius 3 is 2.88 bits per heavy atom. The molecular weight excluding hydrogens is 474 g/mol. The number of benzene rings is 2. The van der Waals surface area contributed by atoms with E-state index >= 15 is 0 Å². The van der Waals surface area contributed by atoms with Crippen LogP contribution >= 0.6 is 15.9 Å². The lowest BCUT2D eigenvalue weighted by Gasteiger charge is -2.26. The van der Waals surface area contributed by atoms with Crippen LogP contribution in [0.4, 0.5) is 17.2 Å². The summed E-state index contributed by atoms with van der Waals surface area (Å²) in [7, 11) is 0. The first kappa shape index (κ1) is 20.9. The number of aromatic nitrogens is 2. The maximum Gasteiger partial charge on any atom is 0.250 e. The molecule has 0 saturated carbocycles. The van der Waals surface area contributed by atoms with Gasteiger partial charge in [0.05, 0.1) is 13.2 Å². The predicted molar refractivity (Wildman–Crippen MR) is 126 cm³/mol. The van der Waals surface area contributed by atoms with E-state index in [4.69, 9.17) is 14.2 Å². The van der Waals surface area contributed by atoms with Crippen LogP contribution in [0.3, 0.4) is 0 Å². The van der Waals surface area contributed by atoms with E-state index < -0.39 is 0 Å². The molecule has 1 aromatic heterocycles. The van der Waals surface area contributed by atoms with Gasteiger partial charge in [0.15, 0.2) is 11.5 Å². The second-order valence-electron chi connectivity index (χ2n) is 7.37. The van der Waals surface area contributed by atoms with Crippen LogP contribution in [0, 0.1) is 0 Å². The van der Waals surface area contributed by atoms with Crippen molar-refractivity contribution in [1.29, 1.82) is 0 Å². The maximum atomic E-state index is 6.11. The van der Waals surface area contributed by atoms with Gasteiger partial charge in [-0.3, -0.25) is 4.90 Å². The van der Waals surface area contributed by atoms with E-state index in [1.807, 2.05) is 42.5 Å². The van der Waals surface area contributed by atoms with Gasteiger partial charge in [-0.2, -0.15) is 4.98 Å². The van der Waals surface area contributed by atoms with E-state index in [9.17, 15) is 0 Å². The number of aliphatic imine (C=N–C) groups is 1. The molecule has 0 atom stereocenters. The standard InChI is InChI=1S/C23H22BrN5O3/c24-17-2-1-3-18(12-17)28-22-21-23(27-15-26-22)32-20-13-19(5-4-16(20)14-25-21)31-11-8-29-6-9-30-10-7-29/h1-5,12-15H,6-11H2,(H,26,27,28). The van der Waals surface area contributed by atoms with Gasteiger partial charge in [-0.15, -0.1) is 0 Å². The molecule has 0 bridgehead atoms. The molecule has 5 rings (SSSR count). The molecule has 9 heteroatoms. The molecule has 0 aliphatic carbocycles. The Morgan fingerprint density at radius 1 is 1.09 bits per heavy atom. The number of halogens is 1. The zero-order valence-corrected chi connectivity index (χ0v) is 18.9. The summed E-state index contributed by atoms with van der Waals surface area (Å²) in [6.07, 6.45) is 3.22. The molecule has 0 unspecified atom stereocenters. The second-order valence-corrected chi connectivity index (χ2v) is 8.29. The third-order valence-electron chi connectivity index (χ3n) is 5.18. The Kier molecular flexibility index (Phi) is 6.29. The van der Waals surface area contributed by atoms with Crippen LogP contribution < -0.4 is 14.8 Å². The minimum absolute atomic E-state index is 0.387. The van der Waals surface area contributed by atoms with Crippen molar-refractivity contribution in [3.8, 4) is 17.4 Å². The Morgan fingerprint density at radius 2 is 2.00 bits per heavy atom. The summed E-state index contributed by atoms with van der Waals surface area (Å²) in [6.45, 7) is 4.92. The lowest BCUT2D eigenvalue weighted by atomic mass is 10.2. The third-order valence-corrected chi connectivity index (χ3v) is 5.67. The first-order valence-corrected chi connectivity index (χ1v) is 11.2. The van der Waals surface area contributed by atoms with Gasteiger partial charge in [-0.25, -0.2) is 9.98 Å². The summed E-state index contributed by atoms with van der Waals surface area (Å²) in [5, 5.41) is 3.28. The van der Waals surface area contributed by atoms with E-state index in [1.165, 1.54) is 6.33 Å². The van der Waals surface area contributed by atoms with Crippen LogP contribution in [0.25, 0.3) is 0 Å². The van der Waals surface area contributed by atoms with E-state index in [2.05, 4.69) is 41.1 Å². The van der Waals surface area contributed by atoms with E-state index in [-0.39, 0.29) is 0 Å². The molecule has 0 radical (unpaired) electrons. The SMILES string of the molecule is Brc1cccc(Nc2ncnc3c2N=Cc2ccc(OCCN4CCOCC4)cc2O3)c1. The van der Waals surface area contributed by atoms with Gasteiger partial charge < -0.3 is 19.5 Å². The molecule has 2 aliphatic heterocycles. The minimum Gasteiger partial charge on any atom is -0.492 e. The number of hydrogen-bond acceptors (Lipinski definition) is 8. The summed E-state index contributed by atoms with van der Waals surface area (Å²) in [6, 6.07) is 13.6. The zero-order chi connectivity index (χ0) is 21.8. The summed E-state index contributed by atoms with van der Waals surface area (Å²) in [5.41, 5.74) is 2.27. The van der Waals surface area contributed by atoms with Crippen molar-refractivity contribution in [3.05, 3.63) is 58.8 Å².